The zero-order valence-electron chi connectivity index (χ0n) is 10.6. The van der Waals surface area contributed by atoms with E-state index in [0.717, 1.165) is 23.3 Å². The predicted octanol–water partition coefficient (Wildman–Crippen LogP) is 4.85. The number of carbonyl (C=O) groups is 1. The van der Waals surface area contributed by atoms with E-state index in [1.54, 1.807) is 11.3 Å². The van der Waals surface area contributed by atoms with Crippen LogP contribution in [-0.4, -0.2) is 5.78 Å². The maximum Gasteiger partial charge on any atom is 0.173 e. The van der Waals surface area contributed by atoms with Crippen LogP contribution < -0.4 is 0 Å². The molecular weight excluding hydrogens is 216 g/mol. The van der Waals surface area contributed by atoms with E-state index in [0.29, 0.717) is 11.7 Å². The number of hydrogen-bond acceptors (Lipinski definition) is 2. The molecule has 1 unspecified atom stereocenters. The molecular formula is C14H22OS. The molecule has 0 spiro atoms. The SMILES string of the molecule is CCCCC(CC)CC(=O)c1sccc1C. The minimum absolute atomic E-state index is 0.343. The van der Waals surface area contributed by atoms with E-state index in [2.05, 4.69) is 13.8 Å². The average Bonchev–Trinajstić information content (AvgIpc) is 2.70. The zero-order valence-corrected chi connectivity index (χ0v) is 11.4. The summed E-state index contributed by atoms with van der Waals surface area (Å²) in [4.78, 5) is 13.0. The number of aryl methyl sites for hydroxylation is 1. The van der Waals surface area contributed by atoms with E-state index in [1.807, 2.05) is 18.4 Å². The fourth-order valence-corrected chi connectivity index (χ4v) is 2.83. The lowest BCUT2D eigenvalue weighted by molar-refractivity contribution is 0.0960. The number of ketones is 1. The topological polar surface area (TPSA) is 17.1 Å². The highest BCUT2D eigenvalue weighted by Crippen LogP contribution is 2.23. The van der Waals surface area contributed by atoms with Crippen LogP contribution in [0.25, 0.3) is 0 Å². The molecule has 1 atom stereocenters. The molecule has 1 nitrogen and oxygen atoms in total. The first kappa shape index (κ1) is 13.4. The van der Waals surface area contributed by atoms with Gasteiger partial charge < -0.3 is 0 Å². The smallest absolute Gasteiger partial charge is 0.173 e. The van der Waals surface area contributed by atoms with Crippen LogP contribution in [-0.2, 0) is 0 Å². The molecule has 0 amide bonds. The highest BCUT2D eigenvalue weighted by atomic mass is 32.1. The first-order valence-electron chi connectivity index (χ1n) is 6.26. The molecule has 90 valence electrons. The third-order valence-corrected chi connectivity index (χ3v) is 4.19. The second-order valence-corrected chi connectivity index (χ2v) is 5.39. The van der Waals surface area contributed by atoms with E-state index in [9.17, 15) is 4.79 Å². The molecule has 0 bridgehead atoms. The Bertz CT molecular complexity index is 327. The maximum atomic E-state index is 12.1. The first-order chi connectivity index (χ1) is 7.69. The number of hydrogen-bond donors (Lipinski definition) is 0. The van der Waals surface area contributed by atoms with E-state index in [1.165, 1.54) is 19.3 Å². The van der Waals surface area contributed by atoms with Crippen molar-refractivity contribution in [2.75, 3.05) is 0 Å². The lowest BCUT2D eigenvalue weighted by Gasteiger charge is -2.12. The summed E-state index contributed by atoms with van der Waals surface area (Å²) in [6.07, 6.45) is 5.52. The second-order valence-electron chi connectivity index (χ2n) is 4.48. The molecule has 0 fully saturated rings. The Hall–Kier alpha value is -0.630. The number of carbonyl (C=O) groups excluding carboxylic acids is 1. The molecule has 1 heterocycles. The molecule has 1 aromatic rings. The molecule has 0 aliphatic carbocycles. The van der Waals surface area contributed by atoms with Gasteiger partial charge in [-0.3, -0.25) is 4.79 Å². The standard InChI is InChI=1S/C14H22OS/c1-4-6-7-12(5-2)10-13(15)14-11(3)8-9-16-14/h8-9,12H,4-7,10H2,1-3H3. The molecule has 0 aliphatic heterocycles. The van der Waals surface area contributed by atoms with Crippen molar-refractivity contribution >= 4 is 17.1 Å². The summed E-state index contributed by atoms with van der Waals surface area (Å²) in [6.45, 7) is 6.42. The Kier molecular flexibility index (Phi) is 5.75. The first-order valence-corrected chi connectivity index (χ1v) is 7.14. The van der Waals surface area contributed by atoms with Gasteiger partial charge in [0.1, 0.15) is 0 Å². The van der Waals surface area contributed by atoms with Gasteiger partial charge >= 0.3 is 0 Å². The van der Waals surface area contributed by atoms with Gasteiger partial charge in [-0.2, -0.15) is 0 Å². The number of Topliss-reactive ketones (excluding diaryl/α,β-unsaturated/α-hetero) is 1. The molecule has 0 saturated heterocycles. The summed E-state index contributed by atoms with van der Waals surface area (Å²) in [6, 6.07) is 2.03. The third kappa shape index (κ3) is 3.75. The summed E-state index contributed by atoms with van der Waals surface area (Å²) < 4.78 is 0. The van der Waals surface area contributed by atoms with Crippen molar-refractivity contribution in [2.45, 2.75) is 52.9 Å². The average molecular weight is 238 g/mol. The molecule has 0 radical (unpaired) electrons. The lowest BCUT2D eigenvalue weighted by atomic mass is 9.93. The molecule has 0 aliphatic rings. The van der Waals surface area contributed by atoms with Crippen LogP contribution in [0.5, 0.6) is 0 Å². The van der Waals surface area contributed by atoms with E-state index in [-0.39, 0.29) is 0 Å². The van der Waals surface area contributed by atoms with E-state index in [4.69, 9.17) is 0 Å². The van der Waals surface area contributed by atoms with Gasteiger partial charge in [0.2, 0.25) is 0 Å². The Morgan fingerprint density at radius 1 is 1.44 bits per heavy atom. The monoisotopic (exact) mass is 238 g/mol. The van der Waals surface area contributed by atoms with Crippen molar-refractivity contribution in [2.24, 2.45) is 5.92 Å². The van der Waals surface area contributed by atoms with Crippen molar-refractivity contribution in [3.05, 3.63) is 21.9 Å². The highest BCUT2D eigenvalue weighted by molar-refractivity contribution is 7.12. The fourth-order valence-electron chi connectivity index (χ4n) is 1.96. The third-order valence-electron chi connectivity index (χ3n) is 3.13. The molecule has 2 heteroatoms. The van der Waals surface area contributed by atoms with Gasteiger partial charge in [-0.25, -0.2) is 0 Å². The van der Waals surface area contributed by atoms with E-state index >= 15 is 0 Å². The molecule has 0 aromatic carbocycles. The van der Waals surface area contributed by atoms with E-state index < -0.39 is 0 Å². The van der Waals surface area contributed by atoms with Crippen molar-refractivity contribution < 1.29 is 4.79 Å². The molecule has 0 N–H and O–H groups in total. The summed E-state index contributed by atoms with van der Waals surface area (Å²) in [5, 5.41) is 2.01. The van der Waals surface area contributed by atoms with Gasteiger partial charge in [0.15, 0.2) is 5.78 Å². The lowest BCUT2D eigenvalue weighted by Crippen LogP contribution is -2.08. The van der Waals surface area contributed by atoms with Gasteiger partial charge in [0.25, 0.3) is 0 Å². The zero-order chi connectivity index (χ0) is 12.0. The number of rotatable bonds is 7. The fraction of sp³-hybridized carbons (Fsp3) is 0.643. The van der Waals surface area contributed by atoms with Crippen LogP contribution in [0.2, 0.25) is 0 Å². The van der Waals surface area contributed by atoms with Gasteiger partial charge in [0.05, 0.1) is 4.88 Å². The minimum atomic E-state index is 0.343. The highest BCUT2D eigenvalue weighted by Gasteiger charge is 2.15. The number of thiophene rings is 1. The second kappa shape index (κ2) is 6.85. The van der Waals surface area contributed by atoms with Gasteiger partial charge in [-0.05, 0) is 29.9 Å². The Morgan fingerprint density at radius 3 is 2.69 bits per heavy atom. The summed E-state index contributed by atoms with van der Waals surface area (Å²) in [5.41, 5.74) is 1.14. The van der Waals surface area contributed by atoms with Crippen molar-refractivity contribution in [3.63, 3.8) is 0 Å². The largest absolute Gasteiger partial charge is 0.293 e. The van der Waals surface area contributed by atoms with Crippen molar-refractivity contribution in [1.29, 1.82) is 0 Å². The normalized spacial score (nSPS) is 12.7. The van der Waals surface area contributed by atoms with Crippen LogP contribution in [0.3, 0.4) is 0 Å². The molecule has 1 rings (SSSR count). The van der Waals surface area contributed by atoms with Gasteiger partial charge in [0, 0.05) is 6.42 Å². The van der Waals surface area contributed by atoms with Crippen molar-refractivity contribution in [1.82, 2.24) is 0 Å². The predicted molar refractivity (Wildman–Crippen MR) is 71.3 cm³/mol. The Labute approximate surface area is 103 Å². The van der Waals surface area contributed by atoms with Crippen molar-refractivity contribution in [3.8, 4) is 0 Å². The maximum absolute atomic E-state index is 12.1. The number of unbranched alkanes of at least 4 members (excludes halogenated alkanes) is 1. The molecule has 0 saturated carbocycles. The van der Waals surface area contributed by atoms with Crippen LogP contribution >= 0.6 is 11.3 Å². The molecule has 16 heavy (non-hydrogen) atoms. The minimum Gasteiger partial charge on any atom is -0.293 e. The van der Waals surface area contributed by atoms with Gasteiger partial charge in [-0.1, -0.05) is 39.5 Å². The quantitative estimate of drug-likeness (QED) is 0.621. The Balaban J connectivity index is 2.52. The summed E-state index contributed by atoms with van der Waals surface area (Å²) in [7, 11) is 0. The van der Waals surface area contributed by atoms with Gasteiger partial charge in [-0.15, -0.1) is 11.3 Å². The van der Waals surface area contributed by atoms with Crippen LogP contribution in [0, 0.1) is 12.8 Å². The Morgan fingerprint density at radius 2 is 2.19 bits per heavy atom. The molecule has 1 aromatic heterocycles. The summed E-state index contributed by atoms with van der Waals surface area (Å²) in [5.74, 6) is 0.921. The summed E-state index contributed by atoms with van der Waals surface area (Å²) >= 11 is 1.58. The van der Waals surface area contributed by atoms with Crippen LogP contribution in [0.15, 0.2) is 11.4 Å². The van der Waals surface area contributed by atoms with Crippen LogP contribution in [0.4, 0.5) is 0 Å². The van der Waals surface area contributed by atoms with Crippen LogP contribution in [0.1, 0.15) is 61.2 Å².